The molecule has 4 rings (SSSR count). The second-order valence-electron chi connectivity index (χ2n) is 9.14. The average molecular weight is 420 g/mol. The summed E-state index contributed by atoms with van der Waals surface area (Å²) in [4.78, 5) is 37.2. The molecule has 0 aliphatic carbocycles. The van der Waals surface area contributed by atoms with Gasteiger partial charge in [-0.3, -0.25) is 14.4 Å². The summed E-state index contributed by atoms with van der Waals surface area (Å²) in [5.74, 6) is -3.56. The maximum absolute atomic E-state index is 13.1. The molecule has 0 aromatic heterocycles. The van der Waals surface area contributed by atoms with Crippen molar-refractivity contribution in [1.29, 1.82) is 0 Å². The second-order valence-corrected chi connectivity index (χ2v) is 9.14. The molecular formula is C22H28O8. The lowest BCUT2D eigenvalue weighted by Crippen LogP contribution is -2.53. The van der Waals surface area contributed by atoms with E-state index in [1.807, 2.05) is 13.8 Å². The lowest BCUT2D eigenvalue weighted by Gasteiger charge is -2.38. The van der Waals surface area contributed by atoms with Crippen molar-refractivity contribution >= 4 is 17.7 Å². The number of hydrogen-bond acceptors (Lipinski definition) is 8. The van der Waals surface area contributed by atoms with Gasteiger partial charge in [0.2, 0.25) is 5.78 Å². The van der Waals surface area contributed by atoms with Crippen LogP contribution in [0.3, 0.4) is 0 Å². The second kappa shape index (κ2) is 6.65. The molecule has 4 aliphatic heterocycles. The largest absolute Gasteiger partial charge is 0.479 e. The van der Waals surface area contributed by atoms with E-state index in [1.165, 1.54) is 13.0 Å². The van der Waals surface area contributed by atoms with Crippen LogP contribution >= 0.6 is 0 Å². The van der Waals surface area contributed by atoms with Gasteiger partial charge in [-0.2, -0.15) is 0 Å². The van der Waals surface area contributed by atoms with Gasteiger partial charge in [-0.25, -0.2) is 0 Å². The lowest BCUT2D eigenvalue weighted by atomic mass is 9.66. The summed E-state index contributed by atoms with van der Waals surface area (Å²) in [6.07, 6.45) is 2.44. The fourth-order valence-electron chi connectivity index (χ4n) is 5.25. The lowest BCUT2D eigenvalue weighted by molar-refractivity contribution is -0.267. The molecule has 0 amide bonds. The van der Waals surface area contributed by atoms with Crippen LogP contribution in [-0.2, 0) is 33.3 Å². The predicted molar refractivity (Wildman–Crippen MR) is 103 cm³/mol. The average Bonchev–Trinajstić information content (AvgIpc) is 3.20. The van der Waals surface area contributed by atoms with Crippen LogP contribution in [0.5, 0.6) is 0 Å². The van der Waals surface area contributed by atoms with Gasteiger partial charge in [0.15, 0.2) is 11.4 Å². The van der Waals surface area contributed by atoms with Crippen molar-refractivity contribution in [3.63, 3.8) is 0 Å². The zero-order valence-electron chi connectivity index (χ0n) is 17.9. The van der Waals surface area contributed by atoms with Crippen LogP contribution < -0.4 is 0 Å². The number of aliphatic hydroxyl groups is 1. The maximum atomic E-state index is 13.1. The van der Waals surface area contributed by atoms with Crippen LogP contribution in [-0.4, -0.2) is 53.0 Å². The van der Waals surface area contributed by atoms with Gasteiger partial charge < -0.3 is 24.1 Å². The van der Waals surface area contributed by atoms with Crippen molar-refractivity contribution < 1.29 is 38.4 Å². The number of carbonyl (C=O) groups excluding carboxylic acids is 3. The monoisotopic (exact) mass is 420 g/mol. The fourth-order valence-corrected chi connectivity index (χ4v) is 5.25. The normalized spacial score (nSPS) is 44.5. The number of fused-ring (bicyclic) bond motifs is 2. The molecule has 2 saturated heterocycles. The minimum atomic E-state index is -1.74. The third kappa shape index (κ3) is 2.69. The van der Waals surface area contributed by atoms with Gasteiger partial charge >= 0.3 is 11.9 Å². The van der Waals surface area contributed by atoms with Gasteiger partial charge in [0.1, 0.15) is 23.9 Å². The van der Waals surface area contributed by atoms with Crippen molar-refractivity contribution in [3.8, 4) is 0 Å². The Kier molecular flexibility index (Phi) is 4.67. The molecule has 4 heterocycles. The minimum Gasteiger partial charge on any atom is -0.479 e. The first kappa shape index (κ1) is 21.1. The van der Waals surface area contributed by atoms with E-state index in [0.29, 0.717) is 17.8 Å². The highest BCUT2D eigenvalue weighted by Gasteiger charge is 2.75. The molecule has 0 spiro atoms. The van der Waals surface area contributed by atoms with Crippen LogP contribution in [0.4, 0.5) is 0 Å². The SMILES string of the molecule is CC[C@@H](C)[C@@]1(O)O[C@H]2C[C@@]3(C)OC(=CC3=O)/C(COC(C)=O)=C\[C@@H]3OC(=O)[C@@]1(C)[C@@H]32. The van der Waals surface area contributed by atoms with Crippen molar-refractivity contribution in [1.82, 2.24) is 0 Å². The first-order chi connectivity index (χ1) is 14.0. The number of hydrogen-bond donors (Lipinski definition) is 1. The summed E-state index contributed by atoms with van der Waals surface area (Å²) in [5, 5.41) is 11.6. The molecule has 1 N–H and O–H groups in total. The molecule has 7 atom stereocenters. The third-order valence-corrected chi connectivity index (χ3v) is 7.27. The molecule has 30 heavy (non-hydrogen) atoms. The van der Waals surface area contributed by atoms with E-state index in [2.05, 4.69) is 0 Å². The van der Waals surface area contributed by atoms with E-state index in [9.17, 15) is 19.5 Å². The van der Waals surface area contributed by atoms with Crippen molar-refractivity contribution in [2.24, 2.45) is 17.3 Å². The summed E-state index contributed by atoms with van der Waals surface area (Å²) in [7, 11) is 0. The molecule has 0 aromatic carbocycles. The van der Waals surface area contributed by atoms with Gasteiger partial charge in [-0.15, -0.1) is 0 Å². The van der Waals surface area contributed by atoms with Crippen LogP contribution in [0.25, 0.3) is 0 Å². The number of rotatable bonds is 4. The highest BCUT2D eigenvalue weighted by Crippen LogP contribution is 2.61. The molecule has 0 radical (unpaired) electrons. The smallest absolute Gasteiger partial charge is 0.318 e. The molecule has 164 valence electrons. The van der Waals surface area contributed by atoms with Crippen molar-refractivity contribution in [3.05, 3.63) is 23.5 Å². The quantitative estimate of drug-likeness (QED) is 0.686. The standard InChI is InChI=1S/C22H28O8/c1-6-11(2)22(26)21(5)18-15(28-19(21)25)7-13(10-27-12(3)23)14-8-17(24)20(4,29-14)9-16(18)30-22/h7-8,11,15-16,18,26H,6,9-10H2,1-5H3/b13-7-/t11-,15+,16+,18+,20-,21-,22-/m1/s1. The summed E-state index contributed by atoms with van der Waals surface area (Å²) >= 11 is 0. The van der Waals surface area contributed by atoms with Gasteiger partial charge in [0.25, 0.3) is 0 Å². The Hall–Kier alpha value is -2.19. The van der Waals surface area contributed by atoms with E-state index in [4.69, 9.17) is 18.9 Å². The molecule has 4 aliphatic rings. The van der Waals surface area contributed by atoms with Gasteiger partial charge in [0, 0.05) is 36.8 Å². The fraction of sp³-hybridized carbons (Fsp3) is 0.682. The van der Waals surface area contributed by atoms with E-state index in [1.54, 1.807) is 19.9 Å². The third-order valence-electron chi connectivity index (χ3n) is 7.27. The van der Waals surface area contributed by atoms with Gasteiger partial charge in [-0.1, -0.05) is 13.8 Å². The van der Waals surface area contributed by atoms with E-state index < -0.39 is 46.9 Å². The molecule has 8 nitrogen and oxygen atoms in total. The summed E-state index contributed by atoms with van der Waals surface area (Å²) in [5.41, 5.74) is -2.07. The van der Waals surface area contributed by atoms with E-state index in [-0.39, 0.29) is 24.7 Å². The molecule has 8 heteroatoms. The Morgan fingerprint density at radius 2 is 2.07 bits per heavy atom. The van der Waals surface area contributed by atoms with E-state index in [0.717, 1.165) is 0 Å². The molecule has 2 bridgehead atoms. The van der Waals surface area contributed by atoms with Crippen molar-refractivity contribution in [2.45, 2.75) is 71.1 Å². The Morgan fingerprint density at radius 3 is 2.70 bits per heavy atom. The van der Waals surface area contributed by atoms with Crippen LogP contribution in [0, 0.1) is 17.3 Å². The predicted octanol–water partition coefficient (Wildman–Crippen LogP) is 1.80. The Morgan fingerprint density at radius 1 is 1.37 bits per heavy atom. The maximum Gasteiger partial charge on any atom is 0.318 e. The zero-order valence-corrected chi connectivity index (χ0v) is 17.9. The first-order valence-corrected chi connectivity index (χ1v) is 10.4. The molecule has 0 unspecified atom stereocenters. The Balaban J connectivity index is 1.84. The topological polar surface area (TPSA) is 108 Å². The van der Waals surface area contributed by atoms with Crippen LogP contribution in [0.2, 0.25) is 0 Å². The number of esters is 2. The Bertz CT molecular complexity index is 874. The molecular weight excluding hydrogens is 392 g/mol. The highest BCUT2D eigenvalue weighted by molar-refractivity contribution is 6.00. The minimum absolute atomic E-state index is 0.122. The van der Waals surface area contributed by atoms with Crippen molar-refractivity contribution in [2.75, 3.05) is 6.61 Å². The van der Waals surface area contributed by atoms with Crippen LogP contribution in [0.1, 0.15) is 47.5 Å². The summed E-state index contributed by atoms with van der Waals surface area (Å²) < 4.78 is 23.1. The molecule has 0 aromatic rings. The summed E-state index contributed by atoms with van der Waals surface area (Å²) in [6, 6.07) is 0. The van der Waals surface area contributed by atoms with Gasteiger partial charge in [-0.05, 0) is 26.3 Å². The number of ketones is 1. The highest BCUT2D eigenvalue weighted by atomic mass is 16.7. The number of carbonyl (C=O) groups is 3. The molecule has 0 saturated carbocycles. The van der Waals surface area contributed by atoms with Crippen LogP contribution in [0.15, 0.2) is 23.5 Å². The van der Waals surface area contributed by atoms with Gasteiger partial charge in [0.05, 0.1) is 6.10 Å². The molecule has 2 fully saturated rings. The Labute approximate surface area is 175 Å². The van der Waals surface area contributed by atoms with E-state index >= 15 is 0 Å². The number of ether oxygens (including phenoxy) is 4. The first-order valence-electron chi connectivity index (χ1n) is 10.4. The summed E-state index contributed by atoms with van der Waals surface area (Å²) in [6.45, 7) is 8.25. The zero-order chi connectivity index (χ0) is 22.1.